The zero-order valence-electron chi connectivity index (χ0n) is 11.6. The predicted octanol–water partition coefficient (Wildman–Crippen LogP) is 3.55. The van der Waals surface area contributed by atoms with E-state index in [2.05, 4.69) is 51.7 Å². The molecule has 0 saturated carbocycles. The minimum Gasteiger partial charge on any atom is -0.460 e. The van der Waals surface area contributed by atoms with Crippen LogP contribution < -0.4 is 10.6 Å². The van der Waals surface area contributed by atoms with Crippen LogP contribution >= 0.6 is 15.9 Å². The molecule has 0 radical (unpaired) electrons. The van der Waals surface area contributed by atoms with Gasteiger partial charge in [0.15, 0.2) is 0 Å². The van der Waals surface area contributed by atoms with E-state index < -0.39 is 0 Å². The zero-order chi connectivity index (χ0) is 14.0. The average Bonchev–Trinajstić information content (AvgIpc) is 3.07. The Morgan fingerprint density at radius 3 is 2.75 bits per heavy atom. The fraction of sp³-hybridized carbons (Fsp3) is 0.375. The van der Waals surface area contributed by atoms with Crippen molar-refractivity contribution in [2.75, 3.05) is 13.1 Å². The smallest absolute Gasteiger partial charge is 0.134 e. The highest BCUT2D eigenvalue weighted by atomic mass is 79.9. The molecular weight excluding hydrogens is 316 g/mol. The summed E-state index contributed by atoms with van der Waals surface area (Å²) in [5.74, 6) is 1.90. The van der Waals surface area contributed by atoms with Crippen LogP contribution in [0.25, 0.3) is 11.3 Å². The van der Waals surface area contributed by atoms with E-state index in [-0.39, 0.29) is 5.54 Å². The van der Waals surface area contributed by atoms with Crippen LogP contribution in [0.5, 0.6) is 0 Å². The number of nitrogens with one attached hydrogen (secondary N) is 2. The molecule has 1 saturated heterocycles. The standard InChI is InChI=1S/C16H19BrN2O/c1-16(8-9-18-11-16)19-10-14-6-7-15(20-14)12-2-4-13(17)5-3-12/h2-7,18-19H,8-11H2,1H3. The molecule has 2 N–H and O–H groups in total. The first-order valence-corrected chi connectivity index (χ1v) is 7.74. The van der Waals surface area contributed by atoms with Crippen molar-refractivity contribution in [3.05, 3.63) is 46.6 Å². The average molecular weight is 335 g/mol. The van der Waals surface area contributed by atoms with Gasteiger partial charge in [0.2, 0.25) is 0 Å². The molecule has 2 aromatic rings. The van der Waals surface area contributed by atoms with Crippen molar-refractivity contribution in [1.82, 2.24) is 10.6 Å². The van der Waals surface area contributed by atoms with Gasteiger partial charge in [-0.25, -0.2) is 0 Å². The van der Waals surface area contributed by atoms with Gasteiger partial charge in [-0.1, -0.05) is 28.1 Å². The third-order valence-corrected chi connectivity index (χ3v) is 4.38. The topological polar surface area (TPSA) is 37.2 Å². The van der Waals surface area contributed by atoms with Crippen molar-refractivity contribution < 1.29 is 4.42 Å². The first kappa shape index (κ1) is 13.9. The summed E-state index contributed by atoms with van der Waals surface area (Å²) in [7, 11) is 0. The normalized spacial score (nSPS) is 22.3. The molecule has 1 fully saturated rings. The highest BCUT2D eigenvalue weighted by Gasteiger charge is 2.27. The van der Waals surface area contributed by atoms with Crippen LogP contribution in [0.15, 0.2) is 45.3 Å². The maximum atomic E-state index is 5.92. The van der Waals surface area contributed by atoms with Crippen molar-refractivity contribution in [2.45, 2.75) is 25.4 Å². The molecule has 1 aliphatic heterocycles. The van der Waals surface area contributed by atoms with E-state index in [4.69, 9.17) is 4.42 Å². The Balaban J connectivity index is 1.66. The van der Waals surface area contributed by atoms with Crippen LogP contribution in [0.2, 0.25) is 0 Å². The fourth-order valence-electron chi connectivity index (χ4n) is 2.51. The Bertz CT molecular complexity index is 570. The van der Waals surface area contributed by atoms with E-state index in [0.717, 1.165) is 47.6 Å². The van der Waals surface area contributed by atoms with Gasteiger partial charge in [-0.15, -0.1) is 0 Å². The van der Waals surface area contributed by atoms with Gasteiger partial charge >= 0.3 is 0 Å². The monoisotopic (exact) mass is 334 g/mol. The Hall–Kier alpha value is -1.10. The van der Waals surface area contributed by atoms with Gasteiger partial charge < -0.3 is 15.1 Å². The molecule has 0 spiro atoms. The van der Waals surface area contributed by atoms with Gasteiger partial charge in [0.1, 0.15) is 11.5 Å². The molecule has 1 unspecified atom stereocenters. The SMILES string of the molecule is CC1(NCc2ccc(-c3ccc(Br)cc3)o2)CCNC1. The zero-order valence-corrected chi connectivity index (χ0v) is 13.2. The molecule has 1 aromatic heterocycles. The predicted molar refractivity (Wildman–Crippen MR) is 84.6 cm³/mol. The molecule has 0 aliphatic carbocycles. The Kier molecular flexibility index (Phi) is 3.96. The van der Waals surface area contributed by atoms with Gasteiger partial charge in [0.25, 0.3) is 0 Å². The summed E-state index contributed by atoms with van der Waals surface area (Å²) in [5.41, 5.74) is 1.29. The van der Waals surface area contributed by atoms with Crippen molar-refractivity contribution in [3.8, 4) is 11.3 Å². The molecular formula is C16H19BrN2O. The lowest BCUT2D eigenvalue weighted by Crippen LogP contribution is -2.43. The van der Waals surface area contributed by atoms with Crippen LogP contribution in [0.4, 0.5) is 0 Å². The van der Waals surface area contributed by atoms with Crippen LogP contribution in [0, 0.1) is 0 Å². The maximum Gasteiger partial charge on any atom is 0.134 e. The molecule has 106 valence electrons. The van der Waals surface area contributed by atoms with Crippen molar-refractivity contribution in [1.29, 1.82) is 0 Å². The molecule has 20 heavy (non-hydrogen) atoms. The molecule has 3 rings (SSSR count). The van der Waals surface area contributed by atoms with Crippen molar-refractivity contribution in [2.24, 2.45) is 0 Å². The minimum absolute atomic E-state index is 0.185. The molecule has 1 aliphatic rings. The van der Waals surface area contributed by atoms with Crippen LogP contribution in [0.3, 0.4) is 0 Å². The Morgan fingerprint density at radius 1 is 1.25 bits per heavy atom. The lowest BCUT2D eigenvalue weighted by molar-refractivity contribution is 0.362. The van der Waals surface area contributed by atoms with Crippen molar-refractivity contribution in [3.63, 3.8) is 0 Å². The number of hydrogen-bond acceptors (Lipinski definition) is 3. The van der Waals surface area contributed by atoms with E-state index >= 15 is 0 Å². The fourth-order valence-corrected chi connectivity index (χ4v) is 2.77. The van der Waals surface area contributed by atoms with Crippen LogP contribution in [-0.4, -0.2) is 18.6 Å². The first-order valence-electron chi connectivity index (χ1n) is 6.95. The third kappa shape index (κ3) is 3.14. The summed E-state index contributed by atoms with van der Waals surface area (Å²) in [6.07, 6.45) is 1.16. The molecule has 1 aromatic carbocycles. The highest BCUT2D eigenvalue weighted by Crippen LogP contribution is 2.24. The summed E-state index contributed by atoms with van der Waals surface area (Å²) >= 11 is 3.45. The number of benzene rings is 1. The maximum absolute atomic E-state index is 5.92. The van der Waals surface area contributed by atoms with Gasteiger partial charge in [-0.2, -0.15) is 0 Å². The van der Waals surface area contributed by atoms with E-state index in [1.54, 1.807) is 0 Å². The first-order chi connectivity index (χ1) is 9.65. The van der Waals surface area contributed by atoms with E-state index in [1.807, 2.05) is 18.2 Å². The second-order valence-corrected chi connectivity index (χ2v) is 6.53. The molecule has 1 atom stereocenters. The van der Waals surface area contributed by atoms with Crippen molar-refractivity contribution >= 4 is 15.9 Å². The largest absolute Gasteiger partial charge is 0.460 e. The molecule has 3 nitrogen and oxygen atoms in total. The van der Waals surface area contributed by atoms with E-state index in [9.17, 15) is 0 Å². The Morgan fingerprint density at radius 2 is 2.05 bits per heavy atom. The second-order valence-electron chi connectivity index (χ2n) is 5.61. The third-order valence-electron chi connectivity index (χ3n) is 3.85. The summed E-state index contributed by atoms with van der Waals surface area (Å²) in [6, 6.07) is 12.3. The molecule has 4 heteroatoms. The summed E-state index contributed by atoms with van der Waals surface area (Å²) < 4.78 is 7.00. The highest BCUT2D eigenvalue weighted by molar-refractivity contribution is 9.10. The summed E-state index contributed by atoms with van der Waals surface area (Å²) in [4.78, 5) is 0. The quantitative estimate of drug-likeness (QED) is 0.897. The van der Waals surface area contributed by atoms with E-state index in [0.29, 0.717) is 0 Å². The number of hydrogen-bond donors (Lipinski definition) is 2. The Labute approximate surface area is 127 Å². The second kappa shape index (κ2) is 5.72. The van der Waals surface area contributed by atoms with Crippen LogP contribution in [-0.2, 0) is 6.54 Å². The van der Waals surface area contributed by atoms with Gasteiger partial charge in [-0.05, 0) is 44.2 Å². The number of halogens is 1. The number of rotatable bonds is 4. The van der Waals surface area contributed by atoms with E-state index in [1.165, 1.54) is 0 Å². The lowest BCUT2D eigenvalue weighted by atomic mass is 10.0. The molecule has 2 heterocycles. The van der Waals surface area contributed by atoms with Gasteiger partial charge in [0.05, 0.1) is 6.54 Å². The van der Waals surface area contributed by atoms with Gasteiger partial charge in [0, 0.05) is 22.1 Å². The molecule has 0 bridgehead atoms. The van der Waals surface area contributed by atoms with Gasteiger partial charge in [-0.3, -0.25) is 0 Å². The number of furan rings is 1. The van der Waals surface area contributed by atoms with Crippen LogP contribution in [0.1, 0.15) is 19.1 Å². The summed E-state index contributed by atoms with van der Waals surface area (Å²) in [6.45, 7) is 5.14. The minimum atomic E-state index is 0.185. The lowest BCUT2D eigenvalue weighted by Gasteiger charge is -2.23. The molecule has 0 amide bonds. The summed E-state index contributed by atoms with van der Waals surface area (Å²) in [5, 5.41) is 6.97.